The van der Waals surface area contributed by atoms with Gasteiger partial charge in [0.15, 0.2) is 5.82 Å². The normalized spacial score (nSPS) is 24.2. The molecule has 1 aromatic heterocycles. The second-order valence-corrected chi connectivity index (χ2v) is 11.5. The number of nitrogens with one attached hydrogen (secondary N) is 2. The van der Waals surface area contributed by atoms with Gasteiger partial charge in [0.05, 0.1) is 12.6 Å². The molecule has 0 spiro atoms. The summed E-state index contributed by atoms with van der Waals surface area (Å²) >= 11 is 0. The number of carbonyl (C=O) groups excluding carboxylic acids is 1. The van der Waals surface area contributed by atoms with Crippen molar-refractivity contribution in [2.75, 3.05) is 55.1 Å². The first-order valence-corrected chi connectivity index (χ1v) is 14.9. The largest absolute Gasteiger partial charge is 0.369 e. The first-order chi connectivity index (χ1) is 19.6. The number of amides is 1. The second kappa shape index (κ2) is 12.4. The molecule has 3 fully saturated rings. The zero-order valence-electron chi connectivity index (χ0n) is 23.5. The van der Waals surface area contributed by atoms with Gasteiger partial charge in [-0.15, -0.1) is 0 Å². The molecule has 9 heteroatoms. The van der Waals surface area contributed by atoms with E-state index in [0.29, 0.717) is 19.1 Å². The summed E-state index contributed by atoms with van der Waals surface area (Å²) in [6.07, 6.45) is 15.2. The Morgan fingerprint density at radius 3 is 2.60 bits per heavy atom. The molecule has 2 aliphatic heterocycles. The molecule has 2 N–H and O–H groups in total. The van der Waals surface area contributed by atoms with Gasteiger partial charge in [0.25, 0.3) is 0 Å². The van der Waals surface area contributed by atoms with Crippen molar-refractivity contribution in [3.05, 3.63) is 60.5 Å². The molecule has 9 nitrogen and oxygen atoms in total. The maximum atomic E-state index is 13.0. The van der Waals surface area contributed by atoms with Gasteiger partial charge in [-0.3, -0.25) is 9.63 Å². The van der Waals surface area contributed by atoms with E-state index in [2.05, 4.69) is 67.8 Å². The quantitative estimate of drug-likeness (QED) is 0.531. The van der Waals surface area contributed by atoms with Crippen LogP contribution in [0.25, 0.3) is 0 Å². The van der Waals surface area contributed by atoms with Crippen LogP contribution in [0.5, 0.6) is 0 Å². The standard InChI is InChI=1S/C31H41N7O2/c1-36-15-17-37(18-16-36)27-12-10-26(11-13-27)34-29-21-30(33-22-32-29)38-28(14-19-40-38)23-6-5-7-24(20-23)31(39)35-25-8-3-2-4-9-25/h5-7,10-13,21-23,25,28H,2-4,8-9,14-20H2,1H3,(H,35,39)(H,32,33,34)/t23?,28-/m1/s1. The minimum atomic E-state index is 0.0823. The molecule has 6 rings (SSSR count). The van der Waals surface area contributed by atoms with Crippen LogP contribution in [0.15, 0.2) is 60.5 Å². The highest BCUT2D eigenvalue weighted by Gasteiger charge is 2.35. The number of allylic oxidation sites excluding steroid dienone is 2. The first-order valence-electron chi connectivity index (χ1n) is 14.9. The van der Waals surface area contributed by atoms with Gasteiger partial charge in [-0.1, -0.05) is 37.5 Å². The fraction of sp³-hybridized carbons (Fsp3) is 0.516. The molecule has 0 bridgehead atoms. The molecule has 1 aromatic carbocycles. The minimum absolute atomic E-state index is 0.0823. The van der Waals surface area contributed by atoms with Gasteiger partial charge >= 0.3 is 0 Å². The number of likely N-dealkylation sites (N-methyl/N-ethyl adjacent to an activating group) is 1. The second-order valence-electron chi connectivity index (χ2n) is 11.5. The first kappa shape index (κ1) is 26.8. The van der Waals surface area contributed by atoms with Crippen LogP contribution in [-0.2, 0) is 9.63 Å². The summed E-state index contributed by atoms with van der Waals surface area (Å²) in [6, 6.07) is 10.9. The lowest BCUT2D eigenvalue weighted by atomic mass is 9.86. The van der Waals surface area contributed by atoms with Crippen LogP contribution in [0, 0.1) is 5.92 Å². The Morgan fingerprint density at radius 1 is 1.00 bits per heavy atom. The summed E-state index contributed by atoms with van der Waals surface area (Å²) in [6.45, 7) is 4.90. The van der Waals surface area contributed by atoms with E-state index in [-0.39, 0.29) is 17.9 Å². The van der Waals surface area contributed by atoms with Crippen LogP contribution in [0.4, 0.5) is 23.0 Å². The van der Waals surface area contributed by atoms with E-state index in [9.17, 15) is 4.79 Å². The Balaban J connectivity index is 1.08. The fourth-order valence-corrected chi connectivity index (χ4v) is 6.27. The van der Waals surface area contributed by atoms with Crippen molar-refractivity contribution in [1.29, 1.82) is 0 Å². The van der Waals surface area contributed by atoms with Crippen LogP contribution in [0.2, 0.25) is 0 Å². The smallest absolute Gasteiger partial charge is 0.247 e. The molecule has 1 amide bonds. The average molecular weight is 544 g/mol. The highest BCUT2D eigenvalue weighted by atomic mass is 16.7. The van der Waals surface area contributed by atoms with Gasteiger partial charge in [-0.2, -0.15) is 0 Å². The highest BCUT2D eigenvalue weighted by Crippen LogP contribution is 2.34. The van der Waals surface area contributed by atoms with E-state index >= 15 is 0 Å². The molecule has 1 saturated carbocycles. The van der Waals surface area contributed by atoms with Crippen molar-refractivity contribution in [2.24, 2.45) is 5.92 Å². The SMILES string of the molecule is CN1CCN(c2ccc(Nc3cc(N4OCC[C@@H]4C4C=CC=C(C(=O)NC5CCCCC5)C4)ncn3)cc2)CC1. The molecular formula is C31H41N7O2. The number of benzene rings is 1. The van der Waals surface area contributed by atoms with Gasteiger partial charge in [0, 0.05) is 61.2 Å². The van der Waals surface area contributed by atoms with E-state index in [0.717, 1.165) is 68.3 Å². The Hall–Kier alpha value is -3.43. The summed E-state index contributed by atoms with van der Waals surface area (Å²) in [5, 5.41) is 8.62. The van der Waals surface area contributed by atoms with E-state index in [1.54, 1.807) is 6.33 Å². The van der Waals surface area contributed by atoms with Crippen molar-refractivity contribution in [3.63, 3.8) is 0 Å². The molecule has 2 aliphatic carbocycles. The molecule has 212 valence electrons. The van der Waals surface area contributed by atoms with Gasteiger partial charge < -0.3 is 20.4 Å². The lowest BCUT2D eigenvalue weighted by molar-refractivity contribution is -0.118. The fourth-order valence-electron chi connectivity index (χ4n) is 6.27. The zero-order chi connectivity index (χ0) is 27.3. The predicted molar refractivity (Wildman–Crippen MR) is 159 cm³/mol. The highest BCUT2D eigenvalue weighted by molar-refractivity contribution is 5.94. The predicted octanol–water partition coefficient (Wildman–Crippen LogP) is 4.43. The lowest BCUT2D eigenvalue weighted by Crippen LogP contribution is -2.44. The Kier molecular flexibility index (Phi) is 8.29. The molecule has 2 saturated heterocycles. The van der Waals surface area contributed by atoms with Crippen LogP contribution < -0.4 is 20.6 Å². The third-order valence-electron chi connectivity index (χ3n) is 8.67. The van der Waals surface area contributed by atoms with Gasteiger partial charge in [-0.25, -0.2) is 15.0 Å². The number of aromatic nitrogens is 2. The van der Waals surface area contributed by atoms with E-state index in [1.165, 1.54) is 24.9 Å². The monoisotopic (exact) mass is 543 g/mol. The topological polar surface area (TPSA) is 85.9 Å². The summed E-state index contributed by atoms with van der Waals surface area (Å²) < 4.78 is 0. The Morgan fingerprint density at radius 2 is 1.80 bits per heavy atom. The molecule has 0 radical (unpaired) electrons. The number of hydroxylamine groups is 1. The summed E-state index contributed by atoms with van der Waals surface area (Å²) in [5.41, 5.74) is 3.09. The molecule has 40 heavy (non-hydrogen) atoms. The summed E-state index contributed by atoms with van der Waals surface area (Å²) in [4.78, 5) is 32.9. The summed E-state index contributed by atoms with van der Waals surface area (Å²) in [7, 11) is 2.17. The van der Waals surface area contributed by atoms with Crippen molar-refractivity contribution in [1.82, 2.24) is 20.2 Å². The van der Waals surface area contributed by atoms with E-state index in [4.69, 9.17) is 4.84 Å². The van der Waals surface area contributed by atoms with Crippen molar-refractivity contribution >= 4 is 28.9 Å². The molecule has 1 unspecified atom stereocenters. The Bertz CT molecular complexity index is 1220. The third-order valence-corrected chi connectivity index (χ3v) is 8.67. The Labute approximate surface area is 237 Å². The van der Waals surface area contributed by atoms with Crippen molar-refractivity contribution < 1.29 is 9.63 Å². The zero-order valence-corrected chi connectivity index (χ0v) is 23.5. The molecule has 2 atom stereocenters. The molecule has 2 aromatic rings. The van der Waals surface area contributed by atoms with Crippen LogP contribution in [-0.4, -0.2) is 72.7 Å². The molecule has 4 aliphatic rings. The van der Waals surface area contributed by atoms with Gasteiger partial charge in [0.1, 0.15) is 12.1 Å². The lowest BCUT2D eigenvalue weighted by Gasteiger charge is -2.34. The van der Waals surface area contributed by atoms with Crippen molar-refractivity contribution in [3.8, 4) is 0 Å². The van der Waals surface area contributed by atoms with E-state index < -0.39 is 0 Å². The third kappa shape index (κ3) is 6.31. The van der Waals surface area contributed by atoms with Gasteiger partial charge in [0.2, 0.25) is 5.91 Å². The van der Waals surface area contributed by atoms with Crippen LogP contribution in [0.1, 0.15) is 44.9 Å². The summed E-state index contributed by atoms with van der Waals surface area (Å²) in [5.74, 6) is 1.70. The van der Waals surface area contributed by atoms with Crippen molar-refractivity contribution in [2.45, 2.75) is 57.0 Å². The number of hydrogen-bond acceptors (Lipinski definition) is 8. The number of piperazine rings is 1. The maximum Gasteiger partial charge on any atom is 0.247 e. The van der Waals surface area contributed by atoms with Gasteiger partial charge in [-0.05, 0) is 57.0 Å². The number of anilines is 4. The number of nitrogens with zero attached hydrogens (tertiary/aromatic N) is 5. The van der Waals surface area contributed by atoms with Crippen LogP contribution in [0.3, 0.4) is 0 Å². The molecule has 3 heterocycles. The van der Waals surface area contributed by atoms with Crippen LogP contribution >= 0.6 is 0 Å². The minimum Gasteiger partial charge on any atom is -0.369 e. The maximum absolute atomic E-state index is 13.0. The number of carbonyl (C=O) groups is 1. The average Bonchev–Trinajstić information content (AvgIpc) is 3.49. The van der Waals surface area contributed by atoms with E-state index in [1.807, 2.05) is 23.3 Å². The number of hydrogen-bond donors (Lipinski definition) is 2. The molecular weight excluding hydrogens is 502 g/mol. The number of rotatable bonds is 7.